The fraction of sp³-hybridized carbons (Fsp3) is 0.400. The summed E-state index contributed by atoms with van der Waals surface area (Å²) in [6, 6.07) is 19.4. The summed E-state index contributed by atoms with van der Waals surface area (Å²) >= 11 is 0. The number of phenolic OH excluding ortho intramolecular Hbond substituents is 1. The highest BCUT2D eigenvalue weighted by Gasteiger charge is 2.24. The smallest absolute Gasteiger partial charge is 0.115 e. The van der Waals surface area contributed by atoms with Gasteiger partial charge in [0.25, 0.3) is 0 Å². The zero-order valence-electron chi connectivity index (χ0n) is 13.2. The van der Waals surface area contributed by atoms with Gasteiger partial charge in [0.1, 0.15) is 5.75 Å². The van der Waals surface area contributed by atoms with E-state index < -0.39 is 0 Å². The summed E-state index contributed by atoms with van der Waals surface area (Å²) in [5.74, 6) is 0.937. The number of nitrogens with one attached hydrogen (secondary N) is 1. The molecule has 0 bridgehead atoms. The molecular formula is C20H25NO. The number of hydrogen-bond acceptors (Lipinski definition) is 2. The van der Waals surface area contributed by atoms with Gasteiger partial charge in [0.2, 0.25) is 0 Å². The van der Waals surface area contributed by atoms with Crippen molar-refractivity contribution in [3.63, 3.8) is 0 Å². The molecule has 1 aliphatic carbocycles. The Bertz CT molecular complexity index is 596. The van der Waals surface area contributed by atoms with Crippen LogP contribution in [0.15, 0.2) is 54.6 Å². The van der Waals surface area contributed by atoms with Crippen molar-refractivity contribution in [3.05, 3.63) is 65.7 Å². The van der Waals surface area contributed by atoms with Crippen molar-refractivity contribution in [2.45, 2.75) is 50.6 Å². The molecule has 2 aromatic rings. The Morgan fingerprint density at radius 2 is 1.86 bits per heavy atom. The van der Waals surface area contributed by atoms with Gasteiger partial charge in [0, 0.05) is 12.1 Å². The lowest BCUT2D eigenvalue weighted by molar-refractivity contribution is 0.318. The first-order valence-corrected chi connectivity index (χ1v) is 8.32. The monoisotopic (exact) mass is 295 g/mol. The van der Waals surface area contributed by atoms with Crippen molar-refractivity contribution in [2.75, 3.05) is 0 Å². The molecule has 3 atom stereocenters. The van der Waals surface area contributed by atoms with Crippen molar-refractivity contribution >= 4 is 0 Å². The van der Waals surface area contributed by atoms with Gasteiger partial charge in [0.15, 0.2) is 0 Å². The average molecular weight is 295 g/mol. The Morgan fingerprint density at radius 1 is 1.05 bits per heavy atom. The quantitative estimate of drug-likeness (QED) is 0.851. The third kappa shape index (κ3) is 3.69. The van der Waals surface area contributed by atoms with Crippen molar-refractivity contribution < 1.29 is 5.11 Å². The fourth-order valence-electron chi connectivity index (χ4n) is 3.61. The molecule has 0 saturated heterocycles. The van der Waals surface area contributed by atoms with E-state index in [1.54, 1.807) is 6.07 Å². The molecule has 0 aliphatic heterocycles. The molecule has 2 aromatic carbocycles. The highest BCUT2D eigenvalue weighted by atomic mass is 16.3. The maximum Gasteiger partial charge on any atom is 0.115 e. The van der Waals surface area contributed by atoms with Crippen LogP contribution in [0, 0.1) is 0 Å². The molecule has 1 saturated carbocycles. The minimum atomic E-state index is 0.380. The van der Waals surface area contributed by atoms with Crippen LogP contribution in [0.25, 0.3) is 0 Å². The first-order chi connectivity index (χ1) is 10.7. The SMILES string of the molecule is C[C@@H](N[C@@H]1CCC[C@@H](c2cccc(O)c2)C1)c1ccccc1. The lowest BCUT2D eigenvalue weighted by Gasteiger charge is -2.32. The lowest BCUT2D eigenvalue weighted by atomic mass is 9.81. The first-order valence-electron chi connectivity index (χ1n) is 8.32. The molecule has 1 aliphatic rings. The Kier molecular flexibility index (Phi) is 4.79. The van der Waals surface area contributed by atoms with Crippen molar-refractivity contribution in [2.24, 2.45) is 0 Å². The van der Waals surface area contributed by atoms with Gasteiger partial charge in [-0.1, -0.05) is 48.9 Å². The third-order valence-corrected chi connectivity index (χ3v) is 4.80. The zero-order chi connectivity index (χ0) is 15.4. The van der Waals surface area contributed by atoms with Gasteiger partial charge in [-0.2, -0.15) is 0 Å². The zero-order valence-corrected chi connectivity index (χ0v) is 13.2. The molecule has 2 nitrogen and oxygen atoms in total. The van der Waals surface area contributed by atoms with Crippen LogP contribution in [-0.4, -0.2) is 11.1 Å². The highest BCUT2D eigenvalue weighted by molar-refractivity contribution is 5.30. The van der Waals surface area contributed by atoms with E-state index in [1.807, 2.05) is 12.1 Å². The molecule has 0 unspecified atom stereocenters. The third-order valence-electron chi connectivity index (χ3n) is 4.80. The predicted octanol–water partition coefficient (Wildman–Crippen LogP) is 4.77. The van der Waals surface area contributed by atoms with Crippen LogP contribution in [-0.2, 0) is 0 Å². The summed E-state index contributed by atoms with van der Waals surface area (Å²) in [4.78, 5) is 0. The molecule has 0 aromatic heterocycles. The lowest BCUT2D eigenvalue weighted by Crippen LogP contribution is -2.35. The van der Waals surface area contributed by atoms with Crippen LogP contribution in [0.4, 0.5) is 0 Å². The minimum Gasteiger partial charge on any atom is -0.508 e. The molecule has 116 valence electrons. The molecule has 0 spiro atoms. The molecule has 3 rings (SSSR count). The van der Waals surface area contributed by atoms with Crippen LogP contribution >= 0.6 is 0 Å². The molecular weight excluding hydrogens is 270 g/mol. The minimum absolute atomic E-state index is 0.380. The standard InChI is InChI=1S/C20H25NO/c1-15(16-7-3-2-4-8-16)21-19-11-5-9-17(13-19)18-10-6-12-20(22)14-18/h2-4,6-8,10,12,14-15,17,19,21-22H,5,9,11,13H2,1H3/t15-,17-,19-/m1/s1. The average Bonchev–Trinajstić information content (AvgIpc) is 2.56. The molecule has 1 fully saturated rings. The Balaban J connectivity index is 1.63. The van der Waals surface area contributed by atoms with Gasteiger partial charge in [0.05, 0.1) is 0 Å². The molecule has 22 heavy (non-hydrogen) atoms. The van der Waals surface area contributed by atoms with Gasteiger partial charge < -0.3 is 10.4 Å². The predicted molar refractivity (Wildman–Crippen MR) is 91.1 cm³/mol. The molecule has 2 N–H and O–H groups in total. The van der Waals surface area contributed by atoms with Crippen LogP contribution < -0.4 is 5.32 Å². The van der Waals surface area contributed by atoms with Crippen LogP contribution in [0.5, 0.6) is 5.75 Å². The number of phenols is 1. The summed E-state index contributed by atoms with van der Waals surface area (Å²) in [5.41, 5.74) is 2.63. The van der Waals surface area contributed by atoms with Crippen LogP contribution in [0.1, 0.15) is 55.7 Å². The van der Waals surface area contributed by atoms with E-state index in [1.165, 1.54) is 30.4 Å². The topological polar surface area (TPSA) is 32.3 Å². The van der Waals surface area contributed by atoms with Gasteiger partial charge in [-0.05, 0) is 55.4 Å². The summed E-state index contributed by atoms with van der Waals surface area (Å²) in [5, 5.41) is 13.5. The Labute approximate surface area is 133 Å². The molecule has 0 radical (unpaired) electrons. The summed E-state index contributed by atoms with van der Waals surface area (Å²) < 4.78 is 0. The maximum atomic E-state index is 9.69. The van der Waals surface area contributed by atoms with E-state index in [9.17, 15) is 5.11 Å². The van der Waals surface area contributed by atoms with Crippen LogP contribution in [0.3, 0.4) is 0 Å². The fourth-order valence-corrected chi connectivity index (χ4v) is 3.61. The molecule has 2 heteroatoms. The van der Waals surface area contributed by atoms with Gasteiger partial charge in [-0.3, -0.25) is 0 Å². The molecule has 0 heterocycles. The Morgan fingerprint density at radius 3 is 2.64 bits per heavy atom. The summed E-state index contributed by atoms with van der Waals surface area (Å²) in [6.45, 7) is 2.24. The van der Waals surface area contributed by atoms with Gasteiger partial charge >= 0.3 is 0 Å². The second kappa shape index (κ2) is 6.97. The van der Waals surface area contributed by atoms with Crippen molar-refractivity contribution in [1.29, 1.82) is 0 Å². The maximum absolute atomic E-state index is 9.69. The number of hydrogen-bond donors (Lipinski definition) is 2. The molecule has 0 amide bonds. The largest absolute Gasteiger partial charge is 0.508 e. The number of rotatable bonds is 4. The summed E-state index contributed by atoms with van der Waals surface area (Å²) in [7, 11) is 0. The van der Waals surface area contributed by atoms with Crippen LogP contribution in [0.2, 0.25) is 0 Å². The highest BCUT2D eigenvalue weighted by Crippen LogP contribution is 2.34. The number of benzene rings is 2. The summed E-state index contributed by atoms with van der Waals surface area (Å²) in [6.07, 6.45) is 4.87. The van der Waals surface area contributed by atoms with E-state index in [0.29, 0.717) is 23.8 Å². The van der Waals surface area contributed by atoms with E-state index in [0.717, 1.165) is 6.42 Å². The van der Waals surface area contributed by atoms with E-state index in [4.69, 9.17) is 0 Å². The van der Waals surface area contributed by atoms with Crippen molar-refractivity contribution in [3.8, 4) is 5.75 Å². The van der Waals surface area contributed by atoms with E-state index in [-0.39, 0.29) is 0 Å². The first kappa shape index (κ1) is 15.1. The van der Waals surface area contributed by atoms with Gasteiger partial charge in [-0.25, -0.2) is 0 Å². The van der Waals surface area contributed by atoms with Crippen molar-refractivity contribution in [1.82, 2.24) is 5.32 Å². The second-order valence-electron chi connectivity index (χ2n) is 6.45. The normalized spacial score (nSPS) is 23.1. The number of aromatic hydroxyl groups is 1. The Hall–Kier alpha value is -1.80. The second-order valence-corrected chi connectivity index (χ2v) is 6.45. The van der Waals surface area contributed by atoms with Gasteiger partial charge in [-0.15, -0.1) is 0 Å². The van der Waals surface area contributed by atoms with E-state index >= 15 is 0 Å². The van der Waals surface area contributed by atoms with E-state index in [2.05, 4.69) is 48.6 Å².